The molecule has 5 nitrogen and oxygen atoms in total. The summed E-state index contributed by atoms with van der Waals surface area (Å²) in [7, 11) is 0. The van der Waals surface area contributed by atoms with Crippen LogP contribution in [0.4, 0.5) is 0 Å². The quantitative estimate of drug-likeness (QED) is 0.559. The van der Waals surface area contributed by atoms with Gasteiger partial charge in [-0.05, 0) is 61.4 Å². The molecule has 1 fully saturated rings. The van der Waals surface area contributed by atoms with Gasteiger partial charge in [0.2, 0.25) is 5.91 Å². The Morgan fingerprint density at radius 3 is 2.30 bits per heavy atom. The summed E-state index contributed by atoms with van der Waals surface area (Å²) in [6, 6.07) is 15.4. The van der Waals surface area contributed by atoms with E-state index >= 15 is 0 Å². The molecule has 5 heteroatoms. The predicted molar refractivity (Wildman–Crippen MR) is 132 cm³/mol. The monoisotopic (exact) mass is 450 g/mol. The summed E-state index contributed by atoms with van der Waals surface area (Å²) in [6.07, 6.45) is 5.55. The highest BCUT2D eigenvalue weighted by Gasteiger charge is 2.28. The van der Waals surface area contributed by atoms with Crippen LogP contribution >= 0.6 is 0 Å². The van der Waals surface area contributed by atoms with Gasteiger partial charge in [0.1, 0.15) is 11.8 Å². The molecule has 0 saturated heterocycles. The third-order valence-corrected chi connectivity index (χ3v) is 6.63. The molecular weight excluding hydrogens is 412 g/mol. The lowest BCUT2D eigenvalue weighted by Crippen LogP contribution is -2.51. The first-order chi connectivity index (χ1) is 15.8. The highest BCUT2D eigenvalue weighted by atomic mass is 16.5. The zero-order valence-corrected chi connectivity index (χ0v) is 20.5. The van der Waals surface area contributed by atoms with Crippen molar-refractivity contribution in [3.63, 3.8) is 0 Å². The van der Waals surface area contributed by atoms with Crippen LogP contribution in [0.15, 0.2) is 48.5 Å². The number of rotatable bonds is 9. The summed E-state index contributed by atoms with van der Waals surface area (Å²) in [5.41, 5.74) is 3.35. The summed E-state index contributed by atoms with van der Waals surface area (Å²) in [6.45, 7) is 8.39. The van der Waals surface area contributed by atoms with Crippen LogP contribution < -0.4 is 10.1 Å². The van der Waals surface area contributed by atoms with E-state index in [1.54, 1.807) is 4.90 Å². The highest BCUT2D eigenvalue weighted by molar-refractivity contribution is 5.88. The van der Waals surface area contributed by atoms with Crippen LogP contribution in [0.25, 0.3) is 0 Å². The van der Waals surface area contributed by atoms with E-state index in [1.165, 1.54) is 12.0 Å². The Bertz CT molecular complexity index is 917. The maximum Gasteiger partial charge on any atom is 0.261 e. The lowest BCUT2D eigenvalue weighted by molar-refractivity contribution is -0.142. The van der Waals surface area contributed by atoms with Crippen molar-refractivity contribution >= 4 is 11.8 Å². The molecule has 2 amide bonds. The predicted octanol–water partition coefficient (Wildman–Crippen LogP) is 5.36. The van der Waals surface area contributed by atoms with Gasteiger partial charge in [-0.3, -0.25) is 9.59 Å². The molecule has 3 rings (SSSR count). The topological polar surface area (TPSA) is 58.6 Å². The van der Waals surface area contributed by atoms with E-state index in [9.17, 15) is 9.59 Å². The van der Waals surface area contributed by atoms with Gasteiger partial charge in [0.15, 0.2) is 6.61 Å². The zero-order chi connectivity index (χ0) is 23.8. The number of carbonyl (C=O) groups is 2. The Balaban J connectivity index is 1.70. The van der Waals surface area contributed by atoms with Crippen LogP contribution in [0.5, 0.6) is 5.75 Å². The summed E-state index contributed by atoms with van der Waals surface area (Å²) in [5, 5.41) is 3.17. The lowest BCUT2D eigenvalue weighted by Gasteiger charge is -2.31. The minimum Gasteiger partial charge on any atom is -0.484 e. The number of nitrogens with zero attached hydrogens (tertiary/aromatic N) is 1. The normalized spacial score (nSPS) is 15.2. The number of hydrogen-bond acceptors (Lipinski definition) is 3. The van der Waals surface area contributed by atoms with Gasteiger partial charge >= 0.3 is 0 Å². The van der Waals surface area contributed by atoms with Crippen molar-refractivity contribution in [2.75, 3.05) is 6.61 Å². The van der Waals surface area contributed by atoms with E-state index in [0.717, 1.165) is 36.8 Å². The smallest absolute Gasteiger partial charge is 0.261 e. The number of nitrogens with one attached hydrogen (secondary N) is 1. The van der Waals surface area contributed by atoms with Gasteiger partial charge < -0.3 is 15.0 Å². The van der Waals surface area contributed by atoms with E-state index < -0.39 is 6.04 Å². The van der Waals surface area contributed by atoms with Crippen LogP contribution in [0.1, 0.15) is 75.5 Å². The van der Waals surface area contributed by atoms with E-state index in [4.69, 9.17) is 4.74 Å². The molecule has 1 N–H and O–H groups in total. The molecule has 0 spiro atoms. The Hall–Kier alpha value is -2.82. The van der Waals surface area contributed by atoms with E-state index in [-0.39, 0.29) is 24.5 Å². The molecule has 2 aromatic carbocycles. The van der Waals surface area contributed by atoms with Gasteiger partial charge in [-0.1, -0.05) is 69.5 Å². The molecule has 0 radical (unpaired) electrons. The fraction of sp³-hybridized carbons (Fsp3) is 0.500. The number of hydrogen-bond donors (Lipinski definition) is 1. The van der Waals surface area contributed by atoms with Gasteiger partial charge in [0, 0.05) is 12.6 Å². The van der Waals surface area contributed by atoms with Gasteiger partial charge in [-0.25, -0.2) is 0 Å². The molecule has 0 heterocycles. The second-order valence-electron chi connectivity index (χ2n) is 9.48. The molecule has 1 saturated carbocycles. The average Bonchev–Trinajstić information content (AvgIpc) is 2.82. The molecule has 1 atom stereocenters. The van der Waals surface area contributed by atoms with Gasteiger partial charge in [0.25, 0.3) is 5.91 Å². The van der Waals surface area contributed by atoms with Gasteiger partial charge in [-0.2, -0.15) is 0 Å². The summed E-state index contributed by atoms with van der Waals surface area (Å²) >= 11 is 0. The Labute approximate surface area is 198 Å². The molecule has 0 bridgehead atoms. The molecule has 2 aromatic rings. The van der Waals surface area contributed by atoms with Crippen molar-refractivity contribution in [2.45, 2.75) is 84.3 Å². The summed E-state index contributed by atoms with van der Waals surface area (Å²) in [5.74, 6) is 0.805. The van der Waals surface area contributed by atoms with Crippen molar-refractivity contribution < 1.29 is 14.3 Å². The molecule has 0 aliphatic heterocycles. The van der Waals surface area contributed by atoms with Crippen LogP contribution in [-0.4, -0.2) is 35.4 Å². The Morgan fingerprint density at radius 1 is 1.00 bits per heavy atom. The maximum absolute atomic E-state index is 13.3. The van der Waals surface area contributed by atoms with Gasteiger partial charge in [-0.15, -0.1) is 0 Å². The fourth-order valence-electron chi connectivity index (χ4n) is 4.30. The van der Waals surface area contributed by atoms with Crippen molar-refractivity contribution in [3.05, 3.63) is 65.2 Å². The first-order valence-corrected chi connectivity index (χ1v) is 12.2. The van der Waals surface area contributed by atoms with Crippen molar-refractivity contribution in [2.24, 2.45) is 0 Å². The first-order valence-electron chi connectivity index (χ1n) is 12.2. The molecule has 178 valence electrons. The van der Waals surface area contributed by atoms with Crippen LogP contribution in [0.2, 0.25) is 0 Å². The van der Waals surface area contributed by atoms with E-state index in [1.807, 2.05) is 62.4 Å². The van der Waals surface area contributed by atoms with E-state index in [2.05, 4.69) is 19.2 Å². The number of amides is 2. The largest absolute Gasteiger partial charge is 0.484 e. The SMILES string of the molecule is Cc1ccccc1CN(C(=O)COc1ccc(C(C)C)cc1)[C@@H](C)C(=O)NC1CCCCC1. The molecule has 0 unspecified atom stereocenters. The number of aryl methyl sites for hydroxylation is 1. The zero-order valence-electron chi connectivity index (χ0n) is 20.5. The van der Waals surface area contributed by atoms with Crippen molar-refractivity contribution in [3.8, 4) is 5.75 Å². The summed E-state index contributed by atoms with van der Waals surface area (Å²) < 4.78 is 5.81. The molecule has 0 aromatic heterocycles. The summed E-state index contributed by atoms with van der Waals surface area (Å²) in [4.78, 5) is 28.0. The standard InChI is InChI=1S/C28H38N2O3/c1-20(2)23-14-16-26(17-15-23)33-19-27(31)30(18-24-11-9-8-10-21(24)3)22(4)28(32)29-25-12-6-5-7-13-25/h8-11,14-17,20,22,25H,5-7,12-13,18-19H2,1-4H3,(H,29,32)/t22-/m0/s1. The molecular formula is C28H38N2O3. The van der Waals surface area contributed by atoms with Crippen LogP contribution in [0.3, 0.4) is 0 Å². The van der Waals surface area contributed by atoms with Crippen molar-refractivity contribution in [1.82, 2.24) is 10.2 Å². The highest BCUT2D eigenvalue weighted by Crippen LogP contribution is 2.20. The third kappa shape index (κ3) is 7.08. The molecule has 1 aliphatic carbocycles. The van der Waals surface area contributed by atoms with Crippen molar-refractivity contribution in [1.29, 1.82) is 0 Å². The minimum atomic E-state index is -0.578. The maximum atomic E-state index is 13.3. The van der Waals surface area contributed by atoms with Crippen LogP contribution in [-0.2, 0) is 16.1 Å². The lowest BCUT2D eigenvalue weighted by atomic mass is 9.95. The average molecular weight is 451 g/mol. The second kappa shape index (κ2) is 11.9. The van der Waals surface area contributed by atoms with Crippen LogP contribution in [0, 0.1) is 6.92 Å². The number of benzene rings is 2. The van der Waals surface area contributed by atoms with Gasteiger partial charge in [0.05, 0.1) is 0 Å². The fourth-order valence-corrected chi connectivity index (χ4v) is 4.30. The Kier molecular flexibility index (Phi) is 8.93. The second-order valence-corrected chi connectivity index (χ2v) is 9.48. The molecule has 33 heavy (non-hydrogen) atoms. The number of ether oxygens (including phenoxy) is 1. The molecule has 1 aliphatic rings. The number of carbonyl (C=O) groups excluding carboxylic acids is 2. The first kappa shape index (κ1) is 24.8. The third-order valence-electron chi connectivity index (χ3n) is 6.63. The minimum absolute atomic E-state index is 0.0925. The van der Waals surface area contributed by atoms with E-state index in [0.29, 0.717) is 18.2 Å². The Morgan fingerprint density at radius 2 is 1.67 bits per heavy atom.